The van der Waals surface area contributed by atoms with Crippen molar-refractivity contribution in [2.75, 3.05) is 13.7 Å². The first kappa shape index (κ1) is 12.4. The number of rotatable bonds is 6. The van der Waals surface area contributed by atoms with Gasteiger partial charge in [-0.1, -0.05) is 13.8 Å². The molecule has 0 radical (unpaired) electrons. The fourth-order valence-corrected chi connectivity index (χ4v) is 0.719. The molecule has 78 valence electrons. The molecule has 0 rings (SSSR count). The van der Waals surface area contributed by atoms with Gasteiger partial charge in [0, 0.05) is 0 Å². The minimum absolute atomic E-state index is 0.0928. The molecule has 0 bridgehead atoms. The van der Waals surface area contributed by atoms with E-state index in [1.807, 2.05) is 20.8 Å². The minimum atomic E-state index is -0.876. The number of hydrogen-bond donors (Lipinski definition) is 2. The highest BCUT2D eigenvalue weighted by Crippen LogP contribution is 2.05. The van der Waals surface area contributed by atoms with Gasteiger partial charge in [0.1, 0.15) is 6.04 Å². The topological polar surface area (TPSA) is 58.6 Å². The van der Waals surface area contributed by atoms with E-state index in [1.54, 1.807) is 7.05 Å². The number of likely N-dealkylation sites (N-methyl/N-ethyl adjacent to an activating group) is 1. The van der Waals surface area contributed by atoms with E-state index in [0.717, 1.165) is 0 Å². The number of ether oxygens (including phenoxy) is 1. The molecular formula is C9H19NO3. The summed E-state index contributed by atoms with van der Waals surface area (Å²) < 4.78 is 5.37. The van der Waals surface area contributed by atoms with Gasteiger partial charge in [0.05, 0.1) is 12.7 Å². The Kier molecular flexibility index (Phi) is 5.66. The molecule has 4 nitrogen and oxygen atoms in total. The standard InChI is InChI=1S/C9H19NO3/c1-6(2)7(3)13-5-8(10-4)9(11)12/h6-8,10H,5H2,1-4H3,(H,11,12). The van der Waals surface area contributed by atoms with Crippen LogP contribution in [0.3, 0.4) is 0 Å². The summed E-state index contributed by atoms with van der Waals surface area (Å²) in [7, 11) is 1.61. The highest BCUT2D eigenvalue weighted by molar-refractivity contribution is 5.73. The Morgan fingerprint density at radius 1 is 1.46 bits per heavy atom. The molecule has 0 aromatic carbocycles. The maximum atomic E-state index is 10.6. The molecule has 4 heteroatoms. The van der Waals surface area contributed by atoms with E-state index < -0.39 is 12.0 Å². The maximum Gasteiger partial charge on any atom is 0.323 e. The molecule has 0 aromatic heterocycles. The molecule has 0 fully saturated rings. The normalized spacial score (nSPS) is 15.8. The number of hydrogen-bond acceptors (Lipinski definition) is 3. The van der Waals surface area contributed by atoms with Gasteiger partial charge >= 0.3 is 5.97 Å². The highest BCUT2D eigenvalue weighted by Gasteiger charge is 2.17. The second-order valence-electron chi connectivity index (χ2n) is 3.46. The van der Waals surface area contributed by atoms with Crippen LogP contribution in [0.15, 0.2) is 0 Å². The number of carbonyl (C=O) groups is 1. The molecule has 0 saturated heterocycles. The zero-order valence-electron chi connectivity index (χ0n) is 8.70. The lowest BCUT2D eigenvalue weighted by Gasteiger charge is -2.19. The molecule has 0 aliphatic heterocycles. The molecule has 2 atom stereocenters. The van der Waals surface area contributed by atoms with Gasteiger partial charge < -0.3 is 15.2 Å². The summed E-state index contributed by atoms with van der Waals surface area (Å²) in [6.45, 7) is 6.24. The summed E-state index contributed by atoms with van der Waals surface area (Å²) in [4.78, 5) is 10.6. The summed E-state index contributed by atoms with van der Waals surface area (Å²) in [5.41, 5.74) is 0. The van der Waals surface area contributed by atoms with Crippen molar-refractivity contribution < 1.29 is 14.6 Å². The molecule has 13 heavy (non-hydrogen) atoms. The fourth-order valence-electron chi connectivity index (χ4n) is 0.719. The van der Waals surface area contributed by atoms with Gasteiger partial charge in [-0.05, 0) is 19.9 Å². The van der Waals surface area contributed by atoms with Crippen LogP contribution in [0.2, 0.25) is 0 Å². The van der Waals surface area contributed by atoms with Crippen LogP contribution in [0.5, 0.6) is 0 Å². The third-order valence-electron chi connectivity index (χ3n) is 2.11. The molecule has 2 N–H and O–H groups in total. The first-order valence-corrected chi connectivity index (χ1v) is 4.50. The Bertz CT molecular complexity index is 159. The summed E-state index contributed by atoms with van der Waals surface area (Å²) in [6.07, 6.45) is 0.0928. The van der Waals surface area contributed by atoms with Crippen molar-refractivity contribution in [2.24, 2.45) is 5.92 Å². The molecule has 0 aromatic rings. The van der Waals surface area contributed by atoms with Crippen LogP contribution in [-0.4, -0.2) is 36.9 Å². The lowest BCUT2D eigenvalue weighted by atomic mass is 10.1. The first-order valence-electron chi connectivity index (χ1n) is 4.50. The van der Waals surface area contributed by atoms with Gasteiger partial charge in [-0.2, -0.15) is 0 Å². The number of nitrogens with one attached hydrogen (secondary N) is 1. The van der Waals surface area contributed by atoms with E-state index in [2.05, 4.69) is 5.32 Å². The molecule has 0 amide bonds. The average molecular weight is 189 g/mol. The summed E-state index contributed by atoms with van der Waals surface area (Å²) in [6, 6.07) is -0.610. The predicted molar refractivity (Wildman–Crippen MR) is 50.7 cm³/mol. The Balaban J connectivity index is 3.78. The zero-order chi connectivity index (χ0) is 10.4. The molecule has 2 unspecified atom stereocenters. The van der Waals surface area contributed by atoms with Crippen molar-refractivity contribution in [2.45, 2.75) is 32.9 Å². The van der Waals surface area contributed by atoms with Gasteiger partial charge in [0.25, 0.3) is 0 Å². The monoisotopic (exact) mass is 189 g/mol. The second kappa shape index (κ2) is 5.94. The van der Waals surface area contributed by atoms with Gasteiger partial charge in [0.15, 0.2) is 0 Å². The van der Waals surface area contributed by atoms with Crippen LogP contribution in [0, 0.1) is 5.92 Å². The van der Waals surface area contributed by atoms with E-state index in [0.29, 0.717) is 5.92 Å². The maximum absolute atomic E-state index is 10.6. The summed E-state index contributed by atoms with van der Waals surface area (Å²) in [5, 5.41) is 11.4. The Morgan fingerprint density at radius 3 is 2.31 bits per heavy atom. The van der Waals surface area contributed by atoms with Crippen LogP contribution in [0.4, 0.5) is 0 Å². The van der Waals surface area contributed by atoms with E-state index >= 15 is 0 Å². The first-order chi connectivity index (χ1) is 5.99. The third-order valence-corrected chi connectivity index (χ3v) is 2.11. The molecule has 0 spiro atoms. The highest BCUT2D eigenvalue weighted by atomic mass is 16.5. The fraction of sp³-hybridized carbons (Fsp3) is 0.889. The van der Waals surface area contributed by atoms with Crippen molar-refractivity contribution >= 4 is 5.97 Å². The van der Waals surface area contributed by atoms with Gasteiger partial charge in [0.2, 0.25) is 0 Å². The second-order valence-corrected chi connectivity index (χ2v) is 3.46. The molecule has 0 saturated carbocycles. The summed E-state index contributed by atoms with van der Waals surface area (Å²) >= 11 is 0. The zero-order valence-corrected chi connectivity index (χ0v) is 8.70. The molecular weight excluding hydrogens is 170 g/mol. The van der Waals surface area contributed by atoms with Gasteiger partial charge in [-0.15, -0.1) is 0 Å². The quantitative estimate of drug-likeness (QED) is 0.646. The number of carboxylic acids is 1. The SMILES string of the molecule is CNC(COC(C)C(C)C)C(=O)O. The van der Waals surface area contributed by atoms with Crippen molar-refractivity contribution in [3.8, 4) is 0 Å². The summed E-state index contributed by atoms with van der Waals surface area (Å²) in [5.74, 6) is -0.468. The molecule has 0 aliphatic rings. The Morgan fingerprint density at radius 2 is 2.00 bits per heavy atom. The van der Waals surface area contributed by atoms with Crippen molar-refractivity contribution in [1.29, 1.82) is 0 Å². The lowest BCUT2D eigenvalue weighted by molar-refractivity contribution is -0.141. The third kappa shape index (κ3) is 4.85. The van der Waals surface area contributed by atoms with E-state index in [1.165, 1.54) is 0 Å². The van der Waals surface area contributed by atoms with E-state index in [-0.39, 0.29) is 12.7 Å². The Labute approximate surface area is 79.3 Å². The van der Waals surface area contributed by atoms with Crippen molar-refractivity contribution in [3.63, 3.8) is 0 Å². The number of aliphatic carboxylic acids is 1. The van der Waals surface area contributed by atoms with Crippen molar-refractivity contribution in [3.05, 3.63) is 0 Å². The van der Waals surface area contributed by atoms with Crippen molar-refractivity contribution in [1.82, 2.24) is 5.32 Å². The largest absolute Gasteiger partial charge is 0.480 e. The van der Waals surface area contributed by atoms with Crippen LogP contribution < -0.4 is 5.32 Å². The molecule has 0 aliphatic carbocycles. The smallest absolute Gasteiger partial charge is 0.323 e. The lowest BCUT2D eigenvalue weighted by Crippen LogP contribution is -2.39. The average Bonchev–Trinajstić information content (AvgIpc) is 2.04. The van der Waals surface area contributed by atoms with Crippen LogP contribution >= 0.6 is 0 Å². The molecule has 0 heterocycles. The number of carboxylic acid groups (broad SMARTS) is 1. The predicted octanol–water partition coefficient (Wildman–Crippen LogP) is 0.720. The van der Waals surface area contributed by atoms with Crippen LogP contribution in [0.1, 0.15) is 20.8 Å². The van der Waals surface area contributed by atoms with Crippen LogP contribution in [0.25, 0.3) is 0 Å². The van der Waals surface area contributed by atoms with E-state index in [4.69, 9.17) is 9.84 Å². The van der Waals surface area contributed by atoms with Gasteiger partial charge in [-0.25, -0.2) is 0 Å². The minimum Gasteiger partial charge on any atom is -0.480 e. The van der Waals surface area contributed by atoms with Crippen LogP contribution in [-0.2, 0) is 9.53 Å². The van der Waals surface area contributed by atoms with Gasteiger partial charge in [-0.3, -0.25) is 4.79 Å². The Hall–Kier alpha value is -0.610. The van der Waals surface area contributed by atoms with E-state index in [9.17, 15) is 4.79 Å².